The molecule has 0 aromatic rings. The van der Waals surface area contributed by atoms with Gasteiger partial charge < -0.3 is 14.9 Å². The molecule has 2 aliphatic heterocycles. The van der Waals surface area contributed by atoms with Gasteiger partial charge in [-0.2, -0.15) is 11.8 Å². The highest BCUT2D eigenvalue weighted by Gasteiger charge is 2.30. The Morgan fingerprint density at radius 3 is 2.70 bits per heavy atom. The minimum atomic E-state index is -0.760. The Morgan fingerprint density at radius 1 is 1.25 bits per heavy atom. The number of rotatable bonds is 3. The zero-order valence-electron chi connectivity index (χ0n) is 12.1. The summed E-state index contributed by atoms with van der Waals surface area (Å²) in [5.41, 5.74) is 0. The maximum atomic E-state index is 12.5. The lowest BCUT2D eigenvalue weighted by molar-refractivity contribution is -0.138. The Bertz CT molecular complexity index is 364. The second-order valence-electron chi connectivity index (χ2n) is 5.68. The van der Waals surface area contributed by atoms with Crippen molar-refractivity contribution in [2.75, 3.05) is 31.9 Å². The summed E-state index contributed by atoms with van der Waals surface area (Å²) in [7, 11) is 0. The van der Waals surface area contributed by atoms with Gasteiger partial charge in [-0.15, -0.1) is 0 Å². The zero-order chi connectivity index (χ0) is 14.5. The number of piperidine rings is 1. The molecular formula is C14H24N2O3S. The topological polar surface area (TPSA) is 60.9 Å². The number of hydrogen-bond acceptors (Lipinski definition) is 3. The molecule has 2 aliphatic rings. The number of hydrogen-bond donors (Lipinski definition) is 1. The van der Waals surface area contributed by atoms with Gasteiger partial charge in [0.1, 0.15) is 0 Å². The van der Waals surface area contributed by atoms with Crippen LogP contribution in [0.1, 0.15) is 32.6 Å². The average molecular weight is 300 g/mol. The molecule has 0 aromatic carbocycles. The van der Waals surface area contributed by atoms with E-state index in [1.807, 2.05) is 21.6 Å². The average Bonchev–Trinajstić information content (AvgIpc) is 2.46. The highest BCUT2D eigenvalue weighted by molar-refractivity contribution is 8.00. The predicted octanol–water partition coefficient (Wildman–Crippen LogP) is 2.12. The molecule has 114 valence electrons. The van der Waals surface area contributed by atoms with E-state index < -0.39 is 5.97 Å². The number of carbonyl (C=O) groups is 2. The van der Waals surface area contributed by atoms with Gasteiger partial charge in [-0.3, -0.25) is 4.79 Å². The van der Waals surface area contributed by atoms with E-state index in [0.717, 1.165) is 44.6 Å². The number of thioether (sulfide) groups is 1. The second-order valence-corrected chi connectivity index (χ2v) is 7.09. The first kappa shape index (κ1) is 15.5. The Kier molecular flexibility index (Phi) is 5.57. The van der Waals surface area contributed by atoms with Crippen molar-refractivity contribution in [2.24, 2.45) is 5.92 Å². The van der Waals surface area contributed by atoms with E-state index in [1.54, 1.807) is 0 Å². The maximum absolute atomic E-state index is 12.5. The van der Waals surface area contributed by atoms with Crippen LogP contribution in [0.2, 0.25) is 0 Å². The molecule has 2 heterocycles. The molecule has 0 spiro atoms. The third-order valence-electron chi connectivity index (χ3n) is 4.12. The van der Waals surface area contributed by atoms with E-state index in [2.05, 4.69) is 6.92 Å². The van der Waals surface area contributed by atoms with Crippen molar-refractivity contribution in [2.45, 2.75) is 37.9 Å². The van der Waals surface area contributed by atoms with Gasteiger partial charge in [-0.05, 0) is 25.2 Å². The number of amides is 2. The van der Waals surface area contributed by atoms with E-state index in [4.69, 9.17) is 5.11 Å². The van der Waals surface area contributed by atoms with Crippen molar-refractivity contribution < 1.29 is 14.7 Å². The molecule has 2 saturated heterocycles. The second kappa shape index (κ2) is 7.20. The van der Waals surface area contributed by atoms with Gasteiger partial charge in [0.05, 0.1) is 0 Å². The van der Waals surface area contributed by atoms with E-state index >= 15 is 0 Å². The smallest absolute Gasteiger partial charge is 0.320 e. The van der Waals surface area contributed by atoms with E-state index in [1.165, 1.54) is 0 Å². The Morgan fingerprint density at radius 2 is 2.00 bits per heavy atom. The van der Waals surface area contributed by atoms with Crippen LogP contribution in [-0.4, -0.2) is 64.1 Å². The quantitative estimate of drug-likeness (QED) is 0.867. The molecule has 0 aromatic heterocycles. The van der Waals surface area contributed by atoms with Crippen molar-refractivity contribution in [3.63, 3.8) is 0 Å². The van der Waals surface area contributed by atoms with Crippen LogP contribution in [0.5, 0.6) is 0 Å². The molecule has 2 fully saturated rings. The molecule has 0 aliphatic carbocycles. The lowest BCUT2D eigenvalue weighted by atomic mass is 9.95. The Labute approximate surface area is 124 Å². The lowest BCUT2D eigenvalue weighted by Gasteiger charge is -2.39. The molecule has 1 N–H and O–H groups in total. The van der Waals surface area contributed by atoms with Crippen LogP contribution in [0.25, 0.3) is 0 Å². The fourth-order valence-corrected chi connectivity index (χ4v) is 4.17. The molecular weight excluding hydrogens is 276 g/mol. The van der Waals surface area contributed by atoms with Crippen molar-refractivity contribution in [1.29, 1.82) is 0 Å². The first-order chi connectivity index (χ1) is 9.60. The van der Waals surface area contributed by atoms with Gasteiger partial charge in [0.2, 0.25) is 0 Å². The summed E-state index contributed by atoms with van der Waals surface area (Å²) in [5.74, 6) is 0.368. The van der Waals surface area contributed by atoms with Gasteiger partial charge in [0.15, 0.2) is 0 Å². The van der Waals surface area contributed by atoms with Gasteiger partial charge in [-0.1, -0.05) is 6.92 Å². The molecule has 2 rings (SSSR count). The minimum absolute atomic E-state index is 0.110. The molecule has 0 bridgehead atoms. The van der Waals surface area contributed by atoms with Crippen LogP contribution in [0, 0.1) is 5.92 Å². The normalized spacial score (nSPS) is 27.4. The van der Waals surface area contributed by atoms with Crippen LogP contribution in [0.15, 0.2) is 0 Å². The number of likely N-dealkylation sites (tertiary alicyclic amines) is 1. The third kappa shape index (κ3) is 4.04. The van der Waals surface area contributed by atoms with Gasteiger partial charge in [-0.25, -0.2) is 4.79 Å². The largest absolute Gasteiger partial charge is 0.481 e. The first-order valence-electron chi connectivity index (χ1n) is 7.47. The van der Waals surface area contributed by atoms with Crippen molar-refractivity contribution in [3.8, 4) is 0 Å². The van der Waals surface area contributed by atoms with Gasteiger partial charge >= 0.3 is 12.0 Å². The minimum Gasteiger partial charge on any atom is -0.481 e. The zero-order valence-corrected chi connectivity index (χ0v) is 12.9. The molecule has 2 atom stereocenters. The molecule has 0 radical (unpaired) electrons. The van der Waals surface area contributed by atoms with E-state index in [9.17, 15) is 9.59 Å². The summed E-state index contributed by atoms with van der Waals surface area (Å²) in [4.78, 5) is 27.2. The summed E-state index contributed by atoms with van der Waals surface area (Å²) in [5, 5.41) is 9.44. The van der Waals surface area contributed by atoms with E-state index in [-0.39, 0.29) is 18.4 Å². The van der Waals surface area contributed by atoms with Gasteiger partial charge in [0.25, 0.3) is 0 Å². The number of carboxylic acid groups (broad SMARTS) is 1. The van der Waals surface area contributed by atoms with Crippen molar-refractivity contribution in [3.05, 3.63) is 0 Å². The summed E-state index contributed by atoms with van der Waals surface area (Å²) < 4.78 is 0. The van der Waals surface area contributed by atoms with Crippen molar-refractivity contribution >= 4 is 23.8 Å². The van der Waals surface area contributed by atoms with Crippen LogP contribution >= 0.6 is 11.8 Å². The summed E-state index contributed by atoms with van der Waals surface area (Å²) in [6.45, 7) is 5.19. The van der Waals surface area contributed by atoms with Crippen LogP contribution in [0.4, 0.5) is 4.79 Å². The fourth-order valence-electron chi connectivity index (χ4n) is 2.99. The van der Waals surface area contributed by atoms with E-state index in [0.29, 0.717) is 11.8 Å². The number of urea groups is 1. The number of aliphatic carboxylic acids is 1. The molecule has 20 heavy (non-hydrogen) atoms. The Balaban J connectivity index is 1.89. The fraction of sp³-hybridized carbons (Fsp3) is 0.857. The summed E-state index contributed by atoms with van der Waals surface area (Å²) in [6.07, 6.45) is 3.11. The third-order valence-corrected chi connectivity index (χ3v) is 5.49. The molecule has 2 amide bonds. The Hall–Kier alpha value is -0.910. The summed E-state index contributed by atoms with van der Waals surface area (Å²) >= 11 is 1.95. The molecule has 5 nitrogen and oxygen atoms in total. The highest BCUT2D eigenvalue weighted by Crippen LogP contribution is 2.24. The number of carboxylic acids is 1. The number of nitrogens with zero attached hydrogens (tertiary/aromatic N) is 2. The van der Waals surface area contributed by atoms with Crippen LogP contribution in [-0.2, 0) is 4.79 Å². The number of carbonyl (C=O) groups excluding carboxylic acids is 1. The standard InChI is InChI=1S/C14H24N2O3S/c1-2-12-10-16(6-7-20-12)14(19)15-5-3-4-11(9-15)8-13(17)18/h11-12H,2-10H2,1H3,(H,17,18). The maximum Gasteiger partial charge on any atom is 0.320 e. The van der Waals surface area contributed by atoms with Crippen LogP contribution in [0.3, 0.4) is 0 Å². The molecule has 6 heteroatoms. The summed E-state index contributed by atoms with van der Waals surface area (Å²) in [6, 6.07) is 0.110. The van der Waals surface area contributed by atoms with Crippen molar-refractivity contribution in [1.82, 2.24) is 9.80 Å². The predicted molar refractivity (Wildman–Crippen MR) is 80.1 cm³/mol. The lowest BCUT2D eigenvalue weighted by Crippen LogP contribution is -2.51. The molecule has 2 unspecified atom stereocenters. The molecule has 0 saturated carbocycles. The first-order valence-corrected chi connectivity index (χ1v) is 8.52. The van der Waals surface area contributed by atoms with Crippen LogP contribution < -0.4 is 0 Å². The van der Waals surface area contributed by atoms with Gasteiger partial charge in [0, 0.05) is 43.6 Å². The highest BCUT2D eigenvalue weighted by atomic mass is 32.2. The SMILES string of the molecule is CCC1CN(C(=O)N2CCCC(CC(=O)O)C2)CCS1. The monoisotopic (exact) mass is 300 g/mol.